The van der Waals surface area contributed by atoms with Crippen molar-refractivity contribution in [3.05, 3.63) is 30.0 Å². The minimum Gasteiger partial charge on any atom is -0.496 e. The van der Waals surface area contributed by atoms with E-state index >= 15 is 0 Å². The Bertz CT molecular complexity index is 1280. The number of hydrogen-bond acceptors (Lipinski definition) is 5. The van der Waals surface area contributed by atoms with Gasteiger partial charge in [-0.3, -0.25) is 19.2 Å². The molecule has 8 nitrogen and oxygen atoms in total. The predicted octanol–water partition coefficient (Wildman–Crippen LogP) is 3.89. The van der Waals surface area contributed by atoms with E-state index in [9.17, 15) is 19.2 Å². The van der Waals surface area contributed by atoms with Crippen LogP contribution in [0.5, 0.6) is 5.75 Å². The van der Waals surface area contributed by atoms with Gasteiger partial charge in [0, 0.05) is 36.2 Å². The van der Waals surface area contributed by atoms with Gasteiger partial charge in [0.25, 0.3) is 5.91 Å². The number of fused-ring (bicyclic) bond motifs is 4. The maximum atomic E-state index is 13.9. The van der Waals surface area contributed by atoms with Crippen molar-refractivity contribution in [1.29, 1.82) is 0 Å². The summed E-state index contributed by atoms with van der Waals surface area (Å²) < 4.78 is 5.47. The smallest absolute Gasteiger partial charge is 0.271 e. The van der Waals surface area contributed by atoms with Gasteiger partial charge in [0.15, 0.2) is 5.78 Å². The first-order valence-corrected chi connectivity index (χ1v) is 14.2. The monoisotopic (exact) mass is 519 g/mol. The molecule has 2 aromatic rings. The molecule has 3 aliphatic carbocycles. The van der Waals surface area contributed by atoms with Gasteiger partial charge in [0.1, 0.15) is 23.3 Å². The standard InChI is InChI=1S/C30H37N3O5/c1-3-25(34)23(13-16-7-4-5-9-26(16)35)32-29(36)28-19-12-17-11-18(17)21(19)15-33(28)30(37)24-14-20-22(31-24)8-6-10-27(20)38-2/h6,8,10,14,16-19,21,23,28,31H,3-5,7,9,11-13,15H2,1-2H3,(H,32,36)/t16-,17-,18-,19-,21+,23-,28-/m0/s1. The molecule has 8 heteroatoms. The van der Waals surface area contributed by atoms with Gasteiger partial charge < -0.3 is 19.9 Å². The van der Waals surface area contributed by atoms with Gasteiger partial charge in [-0.2, -0.15) is 0 Å². The average Bonchev–Trinajstić information content (AvgIpc) is 3.25. The number of likely N-dealkylation sites (tertiary alicyclic amines) is 1. The van der Waals surface area contributed by atoms with Crippen LogP contribution in [0, 0.1) is 29.6 Å². The summed E-state index contributed by atoms with van der Waals surface area (Å²) in [5, 5.41) is 3.86. The molecule has 2 heterocycles. The summed E-state index contributed by atoms with van der Waals surface area (Å²) in [7, 11) is 1.60. The van der Waals surface area contributed by atoms with Crippen molar-refractivity contribution in [2.24, 2.45) is 29.6 Å². The van der Waals surface area contributed by atoms with Crippen molar-refractivity contribution in [3.63, 3.8) is 0 Å². The molecule has 7 atom stereocenters. The summed E-state index contributed by atoms with van der Waals surface area (Å²) in [5.41, 5.74) is 1.24. The first kappa shape index (κ1) is 25.1. The second kappa shape index (κ2) is 9.86. The van der Waals surface area contributed by atoms with E-state index in [1.807, 2.05) is 18.2 Å². The van der Waals surface area contributed by atoms with E-state index in [0.717, 1.165) is 36.6 Å². The van der Waals surface area contributed by atoms with Gasteiger partial charge in [-0.05, 0) is 74.0 Å². The maximum Gasteiger partial charge on any atom is 0.271 e. The molecule has 4 fully saturated rings. The molecular weight excluding hydrogens is 482 g/mol. The third-order valence-electron chi connectivity index (χ3n) is 9.66. The van der Waals surface area contributed by atoms with E-state index in [1.165, 1.54) is 6.42 Å². The Morgan fingerprint density at radius 1 is 1.16 bits per heavy atom. The van der Waals surface area contributed by atoms with Crippen LogP contribution in [0.1, 0.15) is 68.8 Å². The number of nitrogens with zero attached hydrogens (tertiary/aromatic N) is 1. The molecule has 0 bridgehead atoms. The molecule has 0 unspecified atom stereocenters. The molecule has 6 rings (SSSR count). The lowest BCUT2D eigenvalue weighted by molar-refractivity contribution is -0.132. The van der Waals surface area contributed by atoms with E-state index in [2.05, 4.69) is 10.3 Å². The van der Waals surface area contributed by atoms with Crippen LogP contribution in [0.15, 0.2) is 24.3 Å². The molecule has 1 saturated heterocycles. The highest BCUT2D eigenvalue weighted by Crippen LogP contribution is 2.62. The Morgan fingerprint density at radius 2 is 1.97 bits per heavy atom. The fourth-order valence-corrected chi connectivity index (χ4v) is 7.60. The van der Waals surface area contributed by atoms with Crippen LogP contribution >= 0.6 is 0 Å². The second-order valence-corrected chi connectivity index (χ2v) is 11.8. The van der Waals surface area contributed by atoms with Gasteiger partial charge in [-0.25, -0.2) is 0 Å². The van der Waals surface area contributed by atoms with Crippen LogP contribution in [0.25, 0.3) is 10.9 Å². The molecule has 2 N–H and O–H groups in total. The molecule has 0 spiro atoms. The number of aromatic nitrogens is 1. The highest BCUT2D eigenvalue weighted by molar-refractivity contribution is 6.02. The fourth-order valence-electron chi connectivity index (χ4n) is 7.60. The quantitative estimate of drug-likeness (QED) is 0.550. The lowest BCUT2D eigenvalue weighted by Crippen LogP contribution is -2.53. The Kier molecular flexibility index (Phi) is 6.52. The molecule has 2 amide bonds. The normalized spacial score (nSPS) is 30.6. The zero-order chi connectivity index (χ0) is 26.6. The number of ketones is 2. The minimum absolute atomic E-state index is 0.0545. The number of carbonyl (C=O) groups is 4. The Morgan fingerprint density at radius 3 is 2.74 bits per heavy atom. The molecule has 202 valence electrons. The van der Waals surface area contributed by atoms with Crippen LogP contribution < -0.4 is 10.1 Å². The summed E-state index contributed by atoms with van der Waals surface area (Å²) in [6.07, 6.45) is 5.99. The van der Waals surface area contributed by atoms with Crippen molar-refractivity contribution in [3.8, 4) is 5.75 Å². The first-order chi connectivity index (χ1) is 18.4. The lowest BCUT2D eigenvalue weighted by atomic mass is 9.82. The summed E-state index contributed by atoms with van der Waals surface area (Å²) in [6.45, 7) is 2.35. The number of amides is 2. The number of ether oxygens (including phenoxy) is 1. The Hall–Kier alpha value is -3.16. The molecular formula is C30H37N3O5. The number of H-pyrrole nitrogens is 1. The number of Topliss-reactive ketones (excluding diaryl/α,β-unsaturated/α-hetero) is 2. The summed E-state index contributed by atoms with van der Waals surface area (Å²) in [6, 6.07) is 6.14. The largest absolute Gasteiger partial charge is 0.496 e. The zero-order valence-electron chi connectivity index (χ0n) is 22.2. The van der Waals surface area contributed by atoms with Gasteiger partial charge in [-0.1, -0.05) is 19.4 Å². The SMILES string of the molecule is CCC(=O)[C@H](C[C@@H]1CCCCC1=O)NC(=O)[C@@H]1[C@H]2C[C@@H]3C[C@@H]3[C@H]2CN1C(=O)c1cc2c(OC)cccc2[nH]1. The molecule has 38 heavy (non-hydrogen) atoms. The van der Waals surface area contributed by atoms with Crippen LogP contribution in [0.3, 0.4) is 0 Å². The van der Waals surface area contributed by atoms with Crippen molar-refractivity contribution < 1.29 is 23.9 Å². The average molecular weight is 520 g/mol. The van der Waals surface area contributed by atoms with Gasteiger partial charge in [0.05, 0.1) is 13.2 Å². The second-order valence-electron chi connectivity index (χ2n) is 11.8. The van der Waals surface area contributed by atoms with E-state index < -0.39 is 12.1 Å². The number of hydrogen-bond donors (Lipinski definition) is 2. The van der Waals surface area contributed by atoms with Crippen molar-refractivity contribution in [2.45, 2.75) is 70.4 Å². The number of nitrogens with one attached hydrogen (secondary N) is 2. The van der Waals surface area contributed by atoms with Crippen LogP contribution in [0.4, 0.5) is 0 Å². The third kappa shape index (κ3) is 4.31. The van der Waals surface area contributed by atoms with E-state index in [1.54, 1.807) is 25.0 Å². The van der Waals surface area contributed by atoms with Crippen LogP contribution in [-0.2, 0) is 14.4 Å². The van der Waals surface area contributed by atoms with Gasteiger partial charge >= 0.3 is 0 Å². The van der Waals surface area contributed by atoms with Gasteiger partial charge in [0.2, 0.25) is 5.91 Å². The van der Waals surface area contributed by atoms with Crippen molar-refractivity contribution in [2.75, 3.05) is 13.7 Å². The van der Waals surface area contributed by atoms with Gasteiger partial charge in [-0.15, -0.1) is 0 Å². The molecule has 1 aliphatic heterocycles. The Balaban J connectivity index is 1.26. The number of benzene rings is 1. The molecule has 3 saturated carbocycles. The summed E-state index contributed by atoms with van der Waals surface area (Å²) in [4.78, 5) is 58.2. The topological polar surface area (TPSA) is 109 Å². The summed E-state index contributed by atoms with van der Waals surface area (Å²) in [5.74, 6) is 1.86. The fraction of sp³-hybridized carbons (Fsp3) is 0.600. The molecule has 1 aromatic carbocycles. The molecule has 1 aromatic heterocycles. The number of carbonyl (C=O) groups excluding carboxylic acids is 4. The van der Waals surface area contributed by atoms with Crippen molar-refractivity contribution in [1.82, 2.24) is 15.2 Å². The third-order valence-corrected chi connectivity index (χ3v) is 9.66. The first-order valence-electron chi connectivity index (χ1n) is 14.2. The molecule has 4 aliphatic rings. The number of methoxy groups -OCH3 is 1. The minimum atomic E-state index is -0.691. The highest BCUT2D eigenvalue weighted by Gasteiger charge is 2.62. The van der Waals surface area contributed by atoms with Crippen LogP contribution in [0.2, 0.25) is 0 Å². The van der Waals surface area contributed by atoms with E-state index in [0.29, 0.717) is 55.0 Å². The predicted molar refractivity (Wildman–Crippen MR) is 142 cm³/mol. The maximum absolute atomic E-state index is 13.9. The number of rotatable bonds is 8. The van der Waals surface area contributed by atoms with Crippen molar-refractivity contribution >= 4 is 34.3 Å². The lowest BCUT2D eigenvalue weighted by Gasteiger charge is -2.30. The molecule has 0 radical (unpaired) electrons. The number of aromatic amines is 1. The van der Waals surface area contributed by atoms with E-state index in [4.69, 9.17) is 4.74 Å². The Labute approximate surface area is 222 Å². The van der Waals surface area contributed by atoms with Crippen LogP contribution in [-0.4, -0.2) is 59.0 Å². The van der Waals surface area contributed by atoms with E-state index in [-0.39, 0.29) is 35.2 Å². The zero-order valence-corrected chi connectivity index (χ0v) is 22.2. The highest BCUT2D eigenvalue weighted by atomic mass is 16.5. The summed E-state index contributed by atoms with van der Waals surface area (Å²) >= 11 is 0.